The Hall–Kier alpha value is -4.09. The van der Waals surface area contributed by atoms with E-state index in [1.165, 1.54) is 36.9 Å². The van der Waals surface area contributed by atoms with Gasteiger partial charge in [0.05, 0.1) is 4.92 Å². The third-order valence-electron chi connectivity index (χ3n) is 4.02. The van der Waals surface area contributed by atoms with Crippen molar-refractivity contribution in [3.8, 4) is 5.69 Å². The highest BCUT2D eigenvalue weighted by Gasteiger charge is 2.35. The summed E-state index contributed by atoms with van der Waals surface area (Å²) in [6.07, 6.45) is 0.610. The summed E-state index contributed by atoms with van der Waals surface area (Å²) >= 11 is 0. The molecule has 0 saturated carbocycles. The predicted molar refractivity (Wildman–Crippen MR) is 118 cm³/mol. The highest BCUT2D eigenvalue weighted by molar-refractivity contribution is 6.12. The number of amides is 2. The minimum Gasteiger partial charge on any atom is -0.443 e. The van der Waals surface area contributed by atoms with Gasteiger partial charge in [0, 0.05) is 17.8 Å². The summed E-state index contributed by atoms with van der Waals surface area (Å²) in [5, 5.41) is 10.9. The second-order valence-corrected chi connectivity index (χ2v) is 9.05. The number of nitro benzene ring substituents is 1. The summed E-state index contributed by atoms with van der Waals surface area (Å²) in [5.41, 5.74) is -0.907. The fraction of sp³-hybridized carbons (Fsp3) is 0.381. The maximum Gasteiger partial charge on any atom is 0.425 e. The normalized spacial score (nSPS) is 11.8. The molecule has 0 fully saturated rings. The molecule has 0 N–H and O–H groups in total. The van der Waals surface area contributed by atoms with E-state index in [2.05, 4.69) is 15.0 Å². The smallest absolute Gasteiger partial charge is 0.425 e. The molecule has 0 atom stereocenters. The van der Waals surface area contributed by atoms with Crippen LogP contribution in [0.5, 0.6) is 0 Å². The van der Waals surface area contributed by atoms with Gasteiger partial charge < -0.3 is 9.47 Å². The number of aromatic nitrogens is 4. The maximum absolute atomic E-state index is 13.0. The standard InChI is InChI=1S/C21H24N6O6/c1-20(2,3)32-18(28)26(19(29)33-21(4,5)6)17-15-16(22-11-23-17)25(12-24-15)13-7-9-14(10-8-13)27(30)31/h7-12H,1-6H3. The van der Waals surface area contributed by atoms with E-state index in [1.807, 2.05) is 0 Å². The number of nitrogens with zero attached hydrogens (tertiary/aromatic N) is 6. The molecule has 0 aliphatic rings. The number of carbonyl (C=O) groups is 2. The Bertz CT molecular complexity index is 1180. The molecule has 0 bridgehead atoms. The topological polar surface area (TPSA) is 143 Å². The Morgan fingerprint density at radius 2 is 1.48 bits per heavy atom. The number of fused-ring (bicyclic) bond motifs is 1. The molecule has 0 unspecified atom stereocenters. The van der Waals surface area contributed by atoms with Gasteiger partial charge in [0.25, 0.3) is 5.69 Å². The molecule has 3 aromatic rings. The van der Waals surface area contributed by atoms with E-state index < -0.39 is 28.3 Å². The fourth-order valence-electron chi connectivity index (χ4n) is 2.77. The van der Waals surface area contributed by atoms with E-state index in [0.29, 0.717) is 10.6 Å². The van der Waals surface area contributed by atoms with Crippen molar-refractivity contribution in [3.63, 3.8) is 0 Å². The molecule has 12 heteroatoms. The van der Waals surface area contributed by atoms with Crippen molar-refractivity contribution in [1.82, 2.24) is 19.5 Å². The number of hydrogen-bond donors (Lipinski definition) is 0. The van der Waals surface area contributed by atoms with E-state index in [9.17, 15) is 19.7 Å². The molecule has 12 nitrogen and oxygen atoms in total. The van der Waals surface area contributed by atoms with Crippen LogP contribution in [0.1, 0.15) is 41.5 Å². The first-order chi connectivity index (χ1) is 15.3. The summed E-state index contributed by atoms with van der Waals surface area (Å²) in [4.78, 5) is 49.6. The highest BCUT2D eigenvalue weighted by atomic mass is 16.6. The summed E-state index contributed by atoms with van der Waals surface area (Å²) in [6, 6.07) is 5.75. The maximum atomic E-state index is 13.0. The van der Waals surface area contributed by atoms with Crippen molar-refractivity contribution in [1.29, 1.82) is 0 Å². The van der Waals surface area contributed by atoms with Crippen LogP contribution < -0.4 is 4.90 Å². The molecule has 0 aliphatic heterocycles. The Kier molecular flexibility index (Phi) is 6.03. The molecule has 0 spiro atoms. The van der Waals surface area contributed by atoms with Crippen LogP contribution in [0.25, 0.3) is 16.9 Å². The van der Waals surface area contributed by atoms with Crippen LogP contribution in [0, 0.1) is 10.1 Å². The first-order valence-corrected chi connectivity index (χ1v) is 9.96. The third kappa shape index (κ3) is 5.40. The number of non-ortho nitro benzene ring substituents is 1. The second kappa shape index (κ2) is 8.45. The number of carbonyl (C=O) groups excluding carboxylic acids is 2. The molecule has 2 amide bonds. The minimum atomic E-state index is -0.985. The minimum absolute atomic E-state index is 0.0699. The van der Waals surface area contributed by atoms with Crippen molar-refractivity contribution >= 4 is 34.9 Å². The lowest BCUT2D eigenvalue weighted by Gasteiger charge is -2.28. The number of anilines is 1. The third-order valence-corrected chi connectivity index (χ3v) is 4.02. The summed E-state index contributed by atoms with van der Waals surface area (Å²) in [7, 11) is 0. The van der Waals surface area contributed by atoms with E-state index in [-0.39, 0.29) is 22.7 Å². The van der Waals surface area contributed by atoms with Gasteiger partial charge >= 0.3 is 12.2 Å². The van der Waals surface area contributed by atoms with Gasteiger partial charge in [-0.25, -0.2) is 24.5 Å². The lowest BCUT2D eigenvalue weighted by molar-refractivity contribution is -0.384. The summed E-state index contributed by atoms with van der Waals surface area (Å²) in [6.45, 7) is 9.98. The average molecular weight is 456 g/mol. The zero-order valence-electron chi connectivity index (χ0n) is 19.1. The lowest BCUT2D eigenvalue weighted by Crippen LogP contribution is -2.44. The van der Waals surface area contributed by atoms with Crippen molar-refractivity contribution < 1.29 is 24.0 Å². The van der Waals surface area contributed by atoms with Gasteiger partial charge in [-0.15, -0.1) is 0 Å². The van der Waals surface area contributed by atoms with Crippen LogP contribution >= 0.6 is 0 Å². The SMILES string of the molecule is CC(C)(C)OC(=O)N(C(=O)OC(C)(C)C)c1ncnc2c1ncn2-c1ccc([N+](=O)[O-])cc1. The zero-order valence-corrected chi connectivity index (χ0v) is 19.1. The van der Waals surface area contributed by atoms with Gasteiger partial charge in [-0.1, -0.05) is 0 Å². The van der Waals surface area contributed by atoms with Crippen LogP contribution in [0.3, 0.4) is 0 Å². The Labute approximate surface area is 189 Å². The first kappa shape index (κ1) is 23.6. The Balaban J connectivity index is 2.11. The number of benzene rings is 1. The van der Waals surface area contributed by atoms with Crippen molar-refractivity contribution in [3.05, 3.63) is 47.0 Å². The van der Waals surface area contributed by atoms with Crippen molar-refractivity contribution in [2.45, 2.75) is 52.7 Å². The van der Waals surface area contributed by atoms with Crippen LogP contribution in [0.15, 0.2) is 36.9 Å². The van der Waals surface area contributed by atoms with Crippen molar-refractivity contribution in [2.75, 3.05) is 4.90 Å². The highest BCUT2D eigenvalue weighted by Crippen LogP contribution is 2.27. The number of rotatable bonds is 3. The number of nitro groups is 1. The van der Waals surface area contributed by atoms with Crippen LogP contribution in [0.2, 0.25) is 0 Å². The number of imide groups is 1. The van der Waals surface area contributed by atoms with E-state index in [0.717, 1.165) is 0 Å². The quantitative estimate of drug-likeness (QED) is 0.414. The number of hydrogen-bond acceptors (Lipinski definition) is 9. The molecule has 2 heterocycles. The first-order valence-electron chi connectivity index (χ1n) is 9.96. The van der Waals surface area contributed by atoms with Crippen LogP contribution in [0.4, 0.5) is 21.1 Å². The van der Waals surface area contributed by atoms with Gasteiger partial charge in [-0.05, 0) is 53.7 Å². The molecular formula is C21H24N6O6. The predicted octanol–water partition coefficient (Wildman–Crippen LogP) is 4.40. The van der Waals surface area contributed by atoms with Crippen molar-refractivity contribution in [2.24, 2.45) is 0 Å². The number of imidazole rings is 1. The fourth-order valence-corrected chi connectivity index (χ4v) is 2.77. The molecule has 0 aliphatic carbocycles. The van der Waals surface area contributed by atoms with E-state index in [4.69, 9.17) is 9.47 Å². The number of ether oxygens (including phenoxy) is 2. The van der Waals surface area contributed by atoms with Gasteiger partial charge in [-0.3, -0.25) is 14.7 Å². The molecule has 2 aromatic heterocycles. The van der Waals surface area contributed by atoms with Gasteiger partial charge in [0.1, 0.15) is 23.9 Å². The van der Waals surface area contributed by atoms with Crippen LogP contribution in [-0.4, -0.2) is 47.8 Å². The van der Waals surface area contributed by atoms with E-state index >= 15 is 0 Å². The molecular weight excluding hydrogens is 432 g/mol. The molecule has 3 rings (SSSR count). The zero-order chi connectivity index (χ0) is 24.6. The molecule has 1 aromatic carbocycles. The van der Waals surface area contributed by atoms with Gasteiger partial charge in [0.15, 0.2) is 17.0 Å². The van der Waals surface area contributed by atoms with Gasteiger partial charge in [-0.2, -0.15) is 4.90 Å². The molecule has 174 valence electrons. The lowest BCUT2D eigenvalue weighted by atomic mass is 10.2. The molecule has 0 saturated heterocycles. The Morgan fingerprint density at radius 3 is 1.97 bits per heavy atom. The summed E-state index contributed by atoms with van der Waals surface area (Å²) < 4.78 is 12.3. The van der Waals surface area contributed by atoms with Gasteiger partial charge in [0.2, 0.25) is 0 Å². The average Bonchev–Trinajstić information content (AvgIpc) is 3.10. The second-order valence-electron chi connectivity index (χ2n) is 9.05. The summed E-state index contributed by atoms with van der Waals surface area (Å²) in [5.74, 6) is -0.121. The molecule has 0 radical (unpaired) electrons. The largest absolute Gasteiger partial charge is 0.443 e. The Morgan fingerprint density at radius 1 is 0.939 bits per heavy atom. The van der Waals surface area contributed by atoms with Crippen LogP contribution in [-0.2, 0) is 9.47 Å². The monoisotopic (exact) mass is 456 g/mol. The van der Waals surface area contributed by atoms with E-state index in [1.54, 1.807) is 46.1 Å². The molecule has 33 heavy (non-hydrogen) atoms.